The molecular formula is C20H22N2O4S. The van der Waals surface area contributed by atoms with Gasteiger partial charge in [0.15, 0.2) is 11.7 Å². The fraction of sp³-hybridized carbons (Fsp3) is 0.250. The third-order valence-corrected chi connectivity index (χ3v) is 3.50. The Morgan fingerprint density at radius 3 is 2.33 bits per heavy atom. The van der Waals surface area contributed by atoms with Crippen molar-refractivity contribution in [3.63, 3.8) is 0 Å². The number of anilines is 1. The van der Waals surface area contributed by atoms with Crippen LogP contribution in [0.2, 0.25) is 0 Å². The Kier molecular flexibility index (Phi) is 7.76. The molecule has 0 fully saturated rings. The van der Waals surface area contributed by atoms with E-state index in [0.717, 1.165) is 0 Å². The van der Waals surface area contributed by atoms with Crippen LogP contribution in [-0.4, -0.2) is 30.2 Å². The first-order valence-corrected chi connectivity index (χ1v) is 8.90. The fourth-order valence-electron chi connectivity index (χ4n) is 2.01. The molecular weight excluding hydrogens is 364 g/mol. The zero-order valence-electron chi connectivity index (χ0n) is 15.2. The molecule has 0 saturated carbocycles. The van der Waals surface area contributed by atoms with Crippen LogP contribution in [0.4, 0.5) is 5.69 Å². The van der Waals surface area contributed by atoms with E-state index in [4.69, 9.17) is 21.7 Å². The molecule has 1 amide bonds. The quantitative estimate of drug-likeness (QED) is 0.561. The molecule has 0 radical (unpaired) electrons. The van der Waals surface area contributed by atoms with Crippen LogP contribution in [0.15, 0.2) is 54.6 Å². The van der Waals surface area contributed by atoms with Crippen molar-refractivity contribution in [1.29, 1.82) is 0 Å². The van der Waals surface area contributed by atoms with Crippen molar-refractivity contribution in [1.82, 2.24) is 5.32 Å². The van der Waals surface area contributed by atoms with E-state index in [1.807, 2.05) is 32.0 Å². The first-order valence-electron chi connectivity index (χ1n) is 8.50. The molecule has 0 atom stereocenters. The lowest BCUT2D eigenvalue weighted by Crippen LogP contribution is -2.37. The van der Waals surface area contributed by atoms with Crippen LogP contribution in [-0.2, 0) is 9.53 Å². The number of benzene rings is 2. The molecule has 0 aromatic heterocycles. The summed E-state index contributed by atoms with van der Waals surface area (Å²) in [4.78, 5) is 23.7. The number of esters is 1. The summed E-state index contributed by atoms with van der Waals surface area (Å²) in [7, 11) is 0. The Balaban J connectivity index is 1.78. The Hall–Kier alpha value is -2.93. The zero-order valence-corrected chi connectivity index (χ0v) is 16.0. The molecule has 0 unspecified atom stereocenters. The van der Waals surface area contributed by atoms with Crippen molar-refractivity contribution in [3.05, 3.63) is 60.2 Å². The highest BCUT2D eigenvalue weighted by molar-refractivity contribution is 7.80. The molecule has 2 aromatic rings. The number of rotatable bonds is 7. The summed E-state index contributed by atoms with van der Waals surface area (Å²) in [5, 5.41) is 5.56. The molecule has 27 heavy (non-hydrogen) atoms. The largest absolute Gasteiger partial charge is 0.484 e. The van der Waals surface area contributed by atoms with E-state index in [0.29, 0.717) is 23.6 Å². The van der Waals surface area contributed by atoms with Crippen LogP contribution < -0.4 is 15.4 Å². The van der Waals surface area contributed by atoms with E-state index >= 15 is 0 Å². The molecule has 6 nitrogen and oxygen atoms in total. The van der Waals surface area contributed by atoms with Crippen molar-refractivity contribution >= 4 is 34.9 Å². The van der Waals surface area contributed by atoms with E-state index in [9.17, 15) is 9.59 Å². The molecule has 0 saturated heterocycles. The van der Waals surface area contributed by atoms with Crippen LogP contribution in [0.5, 0.6) is 5.75 Å². The van der Waals surface area contributed by atoms with Crippen LogP contribution >= 0.6 is 12.2 Å². The van der Waals surface area contributed by atoms with Crippen LogP contribution in [0.25, 0.3) is 0 Å². The van der Waals surface area contributed by atoms with Crippen molar-refractivity contribution in [3.8, 4) is 5.75 Å². The maximum absolute atomic E-state index is 11.9. The first-order chi connectivity index (χ1) is 12.9. The van der Waals surface area contributed by atoms with Gasteiger partial charge < -0.3 is 14.8 Å². The average molecular weight is 386 g/mol. The van der Waals surface area contributed by atoms with Crippen molar-refractivity contribution in [2.75, 3.05) is 18.5 Å². The van der Waals surface area contributed by atoms with E-state index < -0.39 is 0 Å². The number of amides is 1. The molecule has 2 rings (SSSR count). The highest BCUT2D eigenvalue weighted by Crippen LogP contribution is 2.11. The van der Waals surface area contributed by atoms with Crippen LogP contribution in [0, 0.1) is 5.92 Å². The van der Waals surface area contributed by atoms with Gasteiger partial charge in [-0.05, 0) is 54.5 Å². The Morgan fingerprint density at radius 1 is 1.04 bits per heavy atom. The van der Waals surface area contributed by atoms with Gasteiger partial charge in [-0.15, -0.1) is 0 Å². The lowest BCUT2D eigenvalue weighted by molar-refractivity contribution is -0.121. The smallest absolute Gasteiger partial charge is 0.338 e. The number of carbonyl (C=O) groups is 2. The van der Waals surface area contributed by atoms with Crippen molar-refractivity contribution < 1.29 is 19.1 Å². The lowest BCUT2D eigenvalue weighted by Gasteiger charge is -2.11. The molecule has 142 valence electrons. The van der Waals surface area contributed by atoms with Crippen molar-refractivity contribution in [2.45, 2.75) is 13.8 Å². The summed E-state index contributed by atoms with van der Waals surface area (Å²) in [6, 6.07) is 15.7. The molecule has 0 aliphatic carbocycles. The summed E-state index contributed by atoms with van der Waals surface area (Å²) in [5.74, 6) is 0.141. The monoisotopic (exact) mass is 386 g/mol. The molecule has 0 heterocycles. The molecule has 0 spiro atoms. The summed E-state index contributed by atoms with van der Waals surface area (Å²) in [6.07, 6.45) is 0. The Bertz CT molecular complexity index is 776. The van der Waals surface area contributed by atoms with Gasteiger partial charge in [-0.2, -0.15) is 0 Å². The SMILES string of the molecule is CC(C)COC(=O)c1ccc(NC(=S)NC(=O)COc2ccccc2)cc1. The average Bonchev–Trinajstić information content (AvgIpc) is 2.65. The predicted molar refractivity (Wildman–Crippen MR) is 108 cm³/mol. The second kappa shape index (κ2) is 10.3. The summed E-state index contributed by atoms with van der Waals surface area (Å²) in [5.41, 5.74) is 1.09. The third-order valence-electron chi connectivity index (χ3n) is 3.29. The lowest BCUT2D eigenvalue weighted by atomic mass is 10.2. The minimum Gasteiger partial charge on any atom is -0.484 e. The van der Waals surface area contributed by atoms with Gasteiger partial charge >= 0.3 is 5.97 Å². The minimum atomic E-state index is -0.371. The third kappa shape index (κ3) is 7.45. The van der Waals surface area contributed by atoms with E-state index in [-0.39, 0.29) is 29.5 Å². The molecule has 0 bridgehead atoms. The number of ether oxygens (including phenoxy) is 2. The number of hydrogen-bond donors (Lipinski definition) is 2. The molecule has 2 N–H and O–H groups in total. The second-order valence-corrected chi connectivity index (χ2v) is 6.58. The summed E-state index contributed by atoms with van der Waals surface area (Å²) < 4.78 is 10.5. The normalized spacial score (nSPS) is 10.2. The van der Waals surface area contributed by atoms with Gasteiger partial charge in [-0.25, -0.2) is 4.79 Å². The number of hydrogen-bond acceptors (Lipinski definition) is 5. The minimum absolute atomic E-state index is 0.145. The van der Waals surface area contributed by atoms with Gasteiger partial charge in [0.1, 0.15) is 5.75 Å². The Morgan fingerprint density at radius 2 is 1.70 bits per heavy atom. The van der Waals surface area contributed by atoms with Crippen LogP contribution in [0.1, 0.15) is 24.2 Å². The molecule has 0 aliphatic rings. The van der Waals surface area contributed by atoms with Gasteiger partial charge in [0.25, 0.3) is 5.91 Å². The number of thiocarbonyl (C=S) groups is 1. The van der Waals surface area contributed by atoms with Gasteiger partial charge in [-0.3, -0.25) is 10.1 Å². The predicted octanol–water partition coefficient (Wildman–Crippen LogP) is 3.39. The maximum Gasteiger partial charge on any atom is 0.338 e. The Labute approximate surface area is 163 Å². The summed E-state index contributed by atoms with van der Waals surface area (Å²) >= 11 is 5.11. The standard InChI is InChI=1S/C20H22N2O4S/c1-14(2)12-26-19(24)15-8-10-16(11-9-15)21-20(27)22-18(23)13-25-17-6-4-3-5-7-17/h3-11,14H,12-13H2,1-2H3,(H2,21,22,23,27). The summed E-state index contributed by atoms with van der Waals surface area (Å²) in [6.45, 7) is 4.17. The van der Waals surface area contributed by atoms with Gasteiger partial charge in [-0.1, -0.05) is 32.0 Å². The fourth-order valence-corrected chi connectivity index (χ4v) is 2.24. The number of para-hydroxylation sites is 1. The second-order valence-electron chi connectivity index (χ2n) is 6.17. The molecule has 0 aliphatic heterocycles. The van der Waals surface area contributed by atoms with Crippen molar-refractivity contribution in [2.24, 2.45) is 5.92 Å². The first kappa shape index (κ1) is 20.4. The highest BCUT2D eigenvalue weighted by atomic mass is 32.1. The van der Waals surface area contributed by atoms with Crippen LogP contribution in [0.3, 0.4) is 0 Å². The number of nitrogens with one attached hydrogen (secondary N) is 2. The zero-order chi connectivity index (χ0) is 19.6. The van der Waals surface area contributed by atoms with E-state index in [1.165, 1.54) is 0 Å². The topological polar surface area (TPSA) is 76.7 Å². The van der Waals surface area contributed by atoms with Gasteiger partial charge in [0, 0.05) is 5.69 Å². The van der Waals surface area contributed by atoms with E-state index in [1.54, 1.807) is 36.4 Å². The van der Waals surface area contributed by atoms with Gasteiger partial charge in [0.2, 0.25) is 0 Å². The maximum atomic E-state index is 11.9. The highest BCUT2D eigenvalue weighted by Gasteiger charge is 2.09. The van der Waals surface area contributed by atoms with Gasteiger partial charge in [0.05, 0.1) is 12.2 Å². The van der Waals surface area contributed by atoms with E-state index in [2.05, 4.69) is 10.6 Å². The number of carbonyl (C=O) groups excluding carboxylic acids is 2. The molecule has 7 heteroatoms. The molecule has 2 aromatic carbocycles.